The molecule has 1 fully saturated rings. The predicted octanol–water partition coefficient (Wildman–Crippen LogP) is 4.85. The minimum Gasteiger partial charge on any atom is -0.444 e. The van der Waals surface area contributed by atoms with Gasteiger partial charge in [-0.05, 0) is 38.5 Å². The highest BCUT2D eigenvalue weighted by molar-refractivity contribution is 7.19. The van der Waals surface area contributed by atoms with Crippen LogP contribution < -0.4 is 4.90 Å². The van der Waals surface area contributed by atoms with E-state index in [4.69, 9.17) is 9.72 Å². The molecule has 0 unspecified atom stereocenters. The Labute approximate surface area is 191 Å². The summed E-state index contributed by atoms with van der Waals surface area (Å²) in [6, 6.07) is 13.8. The highest BCUT2D eigenvalue weighted by atomic mass is 32.1. The summed E-state index contributed by atoms with van der Waals surface area (Å²) in [6.07, 6.45) is 3.33. The van der Waals surface area contributed by atoms with E-state index in [-0.39, 0.29) is 12.3 Å². The van der Waals surface area contributed by atoms with Crippen molar-refractivity contribution in [2.24, 2.45) is 0 Å². The molecular weight excluding hydrogens is 424 g/mol. The number of ether oxygens (including phenoxy) is 1. The quantitative estimate of drug-likeness (QED) is 0.570. The molecule has 0 bridgehead atoms. The molecule has 0 N–H and O–H groups in total. The number of rotatable bonds is 3. The molecule has 2 aromatic heterocycles. The van der Waals surface area contributed by atoms with Crippen LogP contribution in [0.5, 0.6) is 0 Å². The Kier molecular flexibility index (Phi) is 6.23. The van der Waals surface area contributed by atoms with Crippen molar-refractivity contribution in [2.75, 3.05) is 24.5 Å². The Hall–Kier alpha value is -3.26. The number of carbonyl (C=O) groups is 2. The van der Waals surface area contributed by atoms with Crippen molar-refractivity contribution in [3.8, 4) is 21.7 Å². The molecule has 166 valence electrons. The van der Waals surface area contributed by atoms with Crippen LogP contribution >= 0.6 is 11.3 Å². The molecule has 4 rings (SSSR count). The molecule has 1 aliphatic heterocycles. The Morgan fingerprint density at radius 1 is 1.00 bits per heavy atom. The smallest absolute Gasteiger partial charge is 0.410 e. The normalized spacial score (nSPS) is 14.9. The minimum absolute atomic E-state index is 0.0503. The number of pyridine rings is 1. The van der Waals surface area contributed by atoms with Gasteiger partial charge < -0.3 is 9.64 Å². The highest BCUT2D eigenvalue weighted by Crippen LogP contribution is 2.40. The minimum atomic E-state index is -0.577. The number of aromatic nitrogens is 2. The second-order valence-corrected chi connectivity index (χ2v) is 9.52. The maximum atomic E-state index is 13.0. The first-order valence-corrected chi connectivity index (χ1v) is 11.4. The molecule has 1 aromatic carbocycles. The molecule has 32 heavy (non-hydrogen) atoms. The molecule has 0 radical (unpaired) electrons. The van der Waals surface area contributed by atoms with Crippen molar-refractivity contribution in [1.29, 1.82) is 0 Å². The van der Waals surface area contributed by atoms with Crippen LogP contribution in [0.1, 0.15) is 27.2 Å². The van der Waals surface area contributed by atoms with Crippen molar-refractivity contribution in [1.82, 2.24) is 14.9 Å². The third-order valence-corrected chi connectivity index (χ3v) is 6.11. The Balaban J connectivity index is 1.64. The number of hydrogen-bond donors (Lipinski definition) is 0. The van der Waals surface area contributed by atoms with E-state index in [0.717, 1.165) is 21.7 Å². The van der Waals surface area contributed by atoms with Gasteiger partial charge in [0.15, 0.2) is 5.13 Å². The molecule has 3 heterocycles. The summed E-state index contributed by atoms with van der Waals surface area (Å²) < 4.78 is 5.49. The highest BCUT2D eigenvalue weighted by Gasteiger charge is 2.30. The third kappa shape index (κ3) is 4.96. The maximum absolute atomic E-state index is 13.0. The summed E-state index contributed by atoms with van der Waals surface area (Å²) in [7, 11) is 0. The Bertz CT molecular complexity index is 1040. The summed E-state index contributed by atoms with van der Waals surface area (Å²) in [5, 5.41) is 0.631. The van der Waals surface area contributed by atoms with Crippen LogP contribution in [0, 0.1) is 0 Å². The second kappa shape index (κ2) is 9.08. The Morgan fingerprint density at radius 3 is 2.41 bits per heavy atom. The van der Waals surface area contributed by atoms with Crippen molar-refractivity contribution >= 4 is 28.5 Å². The standard InChI is InChI=1S/C24H26N4O3S/c1-24(2,3)31-23(30)27-14-11-19(29)28(16-15-27)22-26-20(17-7-5-4-6-8-17)21(32-22)18-9-12-25-13-10-18/h4-10,12-13H,11,14-16H2,1-3H3. The fourth-order valence-electron chi connectivity index (χ4n) is 3.45. The predicted molar refractivity (Wildman–Crippen MR) is 126 cm³/mol. The fraction of sp³-hybridized carbons (Fsp3) is 0.333. The molecule has 7 nitrogen and oxygen atoms in total. The van der Waals surface area contributed by atoms with Gasteiger partial charge in [0.2, 0.25) is 5.91 Å². The van der Waals surface area contributed by atoms with Crippen LogP contribution in [0.25, 0.3) is 21.7 Å². The second-order valence-electron chi connectivity index (χ2n) is 8.54. The van der Waals surface area contributed by atoms with Crippen LogP contribution in [0.15, 0.2) is 54.9 Å². The lowest BCUT2D eigenvalue weighted by molar-refractivity contribution is -0.118. The number of benzene rings is 1. The van der Waals surface area contributed by atoms with E-state index >= 15 is 0 Å². The first-order chi connectivity index (χ1) is 15.3. The summed E-state index contributed by atoms with van der Waals surface area (Å²) in [5.74, 6) is -0.0503. The molecule has 1 aliphatic rings. The number of anilines is 1. The van der Waals surface area contributed by atoms with Gasteiger partial charge in [0.1, 0.15) is 5.60 Å². The van der Waals surface area contributed by atoms with E-state index in [1.165, 1.54) is 11.3 Å². The van der Waals surface area contributed by atoms with Crippen LogP contribution in [-0.4, -0.2) is 52.1 Å². The number of carbonyl (C=O) groups excluding carboxylic acids is 2. The molecule has 8 heteroatoms. The number of thiazole rings is 1. The monoisotopic (exact) mass is 450 g/mol. The SMILES string of the molecule is CC(C)(C)OC(=O)N1CCC(=O)N(c2nc(-c3ccccc3)c(-c3ccncc3)s2)CC1. The molecule has 0 atom stereocenters. The van der Waals surface area contributed by atoms with E-state index in [9.17, 15) is 9.59 Å². The van der Waals surface area contributed by atoms with Crippen LogP contribution in [0.3, 0.4) is 0 Å². The molecule has 0 saturated carbocycles. The lowest BCUT2D eigenvalue weighted by Crippen LogP contribution is -2.39. The lowest BCUT2D eigenvalue weighted by atomic mass is 10.1. The average molecular weight is 451 g/mol. The van der Waals surface area contributed by atoms with Crippen molar-refractivity contribution in [2.45, 2.75) is 32.8 Å². The summed E-state index contributed by atoms with van der Waals surface area (Å²) in [4.78, 5) is 38.7. The molecule has 0 spiro atoms. The summed E-state index contributed by atoms with van der Waals surface area (Å²) in [6.45, 7) is 6.60. The van der Waals surface area contributed by atoms with Crippen LogP contribution in [0.2, 0.25) is 0 Å². The zero-order chi connectivity index (χ0) is 22.7. The van der Waals surface area contributed by atoms with Gasteiger partial charge in [-0.15, -0.1) is 0 Å². The molecule has 1 saturated heterocycles. The fourth-order valence-corrected chi connectivity index (χ4v) is 4.59. The first-order valence-electron chi connectivity index (χ1n) is 10.6. The zero-order valence-electron chi connectivity index (χ0n) is 18.4. The van der Waals surface area contributed by atoms with Gasteiger partial charge >= 0.3 is 6.09 Å². The van der Waals surface area contributed by atoms with Gasteiger partial charge in [-0.2, -0.15) is 0 Å². The topological polar surface area (TPSA) is 75.6 Å². The summed E-state index contributed by atoms with van der Waals surface area (Å²) in [5.41, 5.74) is 2.24. The number of amides is 2. The van der Waals surface area contributed by atoms with Gasteiger partial charge in [0.25, 0.3) is 0 Å². The van der Waals surface area contributed by atoms with Gasteiger partial charge in [-0.25, -0.2) is 9.78 Å². The van der Waals surface area contributed by atoms with E-state index < -0.39 is 11.7 Å². The van der Waals surface area contributed by atoms with Gasteiger partial charge in [-0.1, -0.05) is 41.7 Å². The van der Waals surface area contributed by atoms with Crippen molar-refractivity contribution in [3.63, 3.8) is 0 Å². The number of hydrogen-bond acceptors (Lipinski definition) is 6. The van der Waals surface area contributed by atoms with Crippen molar-refractivity contribution < 1.29 is 14.3 Å². The zero-order valence-corrected chi connectivity index (χ0v) is 19.3. The summed E-state index contributed by atoms with van der Waals surface area (Å²) >= 11 is 1.48. The van der Waals surface area contributed by atoms with E-state index in [0.29, 0.717) is 24.8 Å². The van der Waals surface area contributed by atoms with E-state index in [2.05, 4.69) is 4.98 Å². The van der Waals surface area contributed by atoms with Crippen LogP contribution in [0.4, 0.5) is 9.93 Å². The van der Waals surface area contributed by atoms with Gasteiger partial charge in [0.05, 0.1) is 10.6 Å². The van der Waals surface area contributed by atoms with Gasteiger partial charge in [0, 0.05) is 44.0 Å². The lowest BCUT2D eigenvalue weighted by Gasteiger charge is -2.26. The molecule has 2 amide bonds. The third-order valence-electron chi connectivity index (χ3n) is 4.98. The maximum Gasteiger partial charge on any atom is 0.410 e. The van der Waals surface area contributed by atoms with E-state index in [1.54, 1.807) is 22.2 Å². The molecular formula is C24H26N4O3S. The first kappa shape index (κ1) is 22.0. The molecule has 3 aromatic rings. The van der Waals surface area contributed by atoms with Crippen molar-refractivity contribution in [3.05, 3.63) is 54.9 Å². The number of nitrogens with zero attached hydrogens (tertiary/aromatic N) is 4. The molecule has 0 aliphatic carbocycles. The Morgan fingerprint density at radius 2 is 1.72 bits per heavy atom. The van der Waals surface area contributed by atoms with Gasteiger partial charge in [-0.3, -0.25) is 14.7 Å². The average Bonchev–Trinajstić information content (AvgIpc) is 3.11. The van der Waals surface area contributed by atoms with E-state index in [1.807, 2.05) is 63.2 Å². The van der Waals surface area contributed by atoms with Crippen LogP contribution in [-0.2, 0) is 9.53 Å². The largest absolute Gasteiger partial charge is 0.444 e.